The minimum absolute atomic E-state index is 0.00844. The summed E-state index contributed by atoms with van der Waals surface area (Å²) in [5.74, 6) is -0.631. The number of anilines is 1. The van der Waals surface area contributed by atoms with E-state index in [0.29, 0.717) is 89.1 Å². The number of thiazole rings is 1. The van der Waals surface area contributed by atoms with Gasteiger partial charge in [0.15, 0.2) is 0 Å². The standard InChI is InChI=1S/C60H81N9O9S/c1-35-39-28-60(29-39,78-35)57(72)63-51-53(67-17-21-74-22-18-67)54-62-47(33-79-54)37-8-11-48-44(26-37)46(31-58(3,4)34-76-56(71)50-38-24-41(25-38)69(64-50)55(51)70)52(68(48)19-23-75-43-12-20-77-59(5,6)30-43)45-27-42(32-61-49(45)36(2)73-7)66-15-13-65(14-16-66)40-9-10-40/h8,11,26-27,32-33,35-36,38-41,43,50-51,53,64H,9-10,12-25,28-31,34H2,1-7H3,(H,63,72)/t35-,36+,38?,39?,41?,43+,50+,51+,53+,60?/m1/s1. The number of rotatable bonds is 12. The van der Waals surface area contributed by atoms with Gasteiger partial charge in [-0.1, -0.05) is 19.9 Å². The number of hydrazine groups is 1. The highest BCUT2D eigenvalue weighted by atomic mass is 32.1. The molecule has 3 aliphatic carbocycles. The van der Waals surface area contributed by atoms with Crippen LogP contribution in [0.3, 0.4) is 0 Å². The van der Waals surface area contributed by atoms with Gasteiger partial charge in [0.05, 0.1) is 85.3 Å². The van der Waals surface area contributed by atoms with Crippen LogP contribution in [0.2, 0.25) is 0 Å². The number of pyridine rings is 1. The van der Waals surface area contributed by atoms with Gasteiger partial charge in [-0.15, -0.1) is 11.3 Å². The SMILES string of the molecule is CO[C@@H](C)c1ncc(N2CCN(C3CC3)CC2)cc1-c1c2c3cc(ccc3n1CCO[C@H]1CCOC(C)(C)C1)-c1csc(n1)[C@@H](N1CCOCC1)[C@H](NC(=O)C13CC(C1)[C@@H](C)O3)C(=O)N1N[C@H](C(=O)OCC(C)(C)C2)C2CC1C2. The molecule has 8 aliphatic heterocycles. The number of fused-ring (bicyclic) bond motifs is 5. The molecule has 2 amide bonds. The zero-order valence-electron chi connectivity index (χ0n) is 47.3. The summed E-state index contributed by atoms with van der Waals surface area (Å²) >= 11 is 1.51. The molecule has 3 saturated carbocycles. The second-order valence-corrected chi connectivity index (χ2v) is 26.7. The van der Waals surface area contributed by atoms with Crippen LogP contribution >= 0.6 is 11.3 Å². The van der Waals surface area contributed by atoms with Crippen molar-refractivity contribution in [3.05, 3.63) is 52.1 Å². The monoisotopic (exact) mass is 1100 g/mol. The first-order chi connectivity index (χ1) is 38.0. The van der Waals surface area contributed by atoms with Gasteiger partial charge in [-0.25, -0.2) is 10.4 Å². The fraction of sp³-hybridized carbons (Fsp3) is 0.683. The zero-order valence-corrected chi connectivity index (χ0v) is 48.1. The minimum atomic E-state index is -1.05. The predicted molar refractivity (Wildman–Crippen MR) is 299 cm³/mol. The van der Waals surface area contributed by atoms with E-state index < -0.39 is 29.1 Å². The van der Waals surface area contributed by atoms with Gasteiger partial charge < -0.3 is 43.2 Å². The van der Waals surface area contributed by atoms with Gasteiger partial charge in [0, 0.05) is 111 Å². The molecule has 11 heterocycles. The van der Waals surface area contributed by atoms with Crippen molar-refractivity contribution in [3.63, 3.8) is 0 Å². The van der Waals surface area contributed by atoms with Crippen molar-refractivity contribution in [2.75, 3.05) is 84.3 Å². The lowest BCUT2D eigenvalue weighted by molar-refractivity contribution is -0.173. The van der Waals surface area contributed by atoms with E-state index in [1.807, 2.05) is 13.1 Å². The molecule has 0 spiro atoms. The topological polar surface area (TPSA) is 174 Å². The van der Waals surface area contributed by atoms with Gasteiger partial charge in [0.1, 0.15) is 22.7 Å². The van der Waals surface area contributed by atoms with E-state index in [2.05, 4.69) is 94.3 Å². The number of nitrogens with zero attached hydrogens (tertiary/aromatic N) is 7. The number of hydrogen-bond acceptors (Lipinski definition) is 16. The third-order valence-corrected chi connectivity index (χ3v) is 20.1. The van der Waals surface area contributed by atoms with Gasteiger partial charge >= 0.3 is 5.97 Å². The van der Waals surface area contributed by atoms with Crippen molar-refractivity contribution in [3.8, 4) is 22.5 Å². The molecule has 0 radical (unpaired) electrons. The molecule has 4 aromatic rings. The van der Waals surface area contributed by atoms with Crippen LogP contribution in [0.5, 0.6) is 0 Å². The third-order valence-electron chi connectivity index (χ3n) is 19.2. The number of cyclic esters (lactones) is 1. The maximum absolute atomic E-state index is 15.6. The van der Waals surface area contributed by atoms with Crippen molar-refractivity contribution in [2.45, 2.75) is 166 Å². The first-order valence-corrected chi connectivity index (χ1v) is 30.4. The Kier molecular flexibility index (Phi) is 14.3. The van der Waals surface area contributed by atoms with Gasteiger partial charge in [-0.3, -0.25) is 34.2 Å². The molecule has 1 aromatic carbocycles. The fourth-order valence-corrected chi connectivity index (χ4v) is 15.3. The van der Waals surface area contributed by atoms with Crippen molar-refractivity contribution >= 4 is 45.7 Å². The van der Waals surface area contributed by atoms with Crippen LogP contribution in [-0.2, 0) is 55.8 Å². The van der Waals surface area contributed by atoms with Crippen LogP contribution in [0, 0.1) is 17.3 Å². The Morgan fingerprint density at radius 2 is 1.73 bits per heavy atom. The first kappa shape index (κ1) is 53.7. The molecule has 3 aromatic heterocycles. The van der Waals surface area contributed by atoms with Crippen LogP contribution < -0.4 is 15.6 Å². The Bertz CT molecular complexity index is 2950. The predicted octanol–water partition coefficient (Wildman–Crippen LogP) is 6.84. The number of morpholine rings is 1. The second kappa shape index (κ2) is 21.0. The molecular formula is C60H81N9O9S. The van der Waals surface area contributed by atoms with Crippen molar-refractivity contribution < 1.29 is 42.8 Å². The summed E-state index contributed by atoms with van der Waals surface area (Å²) in [4.78, 5) is 63.1. The van der Waals surface area contributed by atoms with Crippen molar-refractivity contribution in [1.29, 1.82) is 0 Å². The van der Waals surface area contributed by atoms with Gasteiger partial charge in [-0.2, -0.15) is 0 Å². The van der Waals surface area contributed by atoms with Crippen LogP contribution in [-0.4, -0.2) is 174 Å². The number of nitrogens with one attached hydrogen (secondary N) is 2. The van der Waals surface area contributed by atoms with Crippen LogP contribution in [0.4, 0.5) is 5.69 Å². The quantitative estimate of drug-likeness (QED) is 0.141. The van der Waals surface area contributed by atoms with E-state index in [1.165, 1.54) is 24.2 Å². The van der Waals surface area contributed by atoms with E-state index in [1.54, 1.807) is 12.1 Å². The van der Waals surface area contributed by atoms with Gasteiger partial charge in [-0.05, 0) is 115 Å². The maximum atomic E-state index is 15.6. The summed E-state index contributed by atoms with van der Waals surface area (Å²) in [6.45, 7) is 20.5. The third kappa shape index (κ3) is 10.2. The highest BCUT2D eigenvalue weighted by molar-refractivity contribution is 7.10. The lowest BCUT2D eigenvalue weighted by Gasteiger charge is -2.53. The van der Waals surface area contributed by atoms with Gasteiger partial charge in [0.25, 0.3) is 11.8 Å². The molecule has 79 heavy (non-hydrogen) atoms. The number of carbonyl (C=O) groups is 3. The average molecular weight is 1100 g/mol. The summed E-state index contributed by atoms with van der Waals surface area (Å²) in [5.41, 5.74) is 9.47. The number of ether oxygens (including phenoxy) is 6. The Balaban J connectivity index is 0.956. The molecule has 0 unspecified atom stereocenters. The van der Waals surface area contributed by atoms with Crippen LogP contribution in [0.25, 0.3) is 33.4 Å². The number of aromatic nitrogens is 3. The van der Waals surface area contributed by atoms with E-state index in [-0.39, 0.29) is 60.3 Å². The summed E-state index contributed by atoms with van der Waals surface area (Å²) in [6.07, 6.45) is 9.12. The molecule has 2 N–H and O–H groups in total. The molecule has 10 fully saturated rings. The van der Waals surface area contributed by atoms with Gasteiger partial charge in [0.2, 0.25) is 0 Å². The summed E-state index contributed by atoms with van der Waals surface area (Å²) in [6, 6.07) is 7.16. The lowest BCUT2D eigenvalue weighted by atomic mass is 9.72. The Hall–Kier alpha value is -4.57. The number of amides is 2. The Morgan fingerprint density at radius 1 is 0.949 bits per heavy atom. The van der Waals surface area contributed by atoms with Crippen LogP contribution in [0.15, 0.2) is 35.8 Å². The molecule has 10 bridgehead atoms. The van der Waals surface area contributed by atoms with E-state index >= 15 is 4.79 Å². The minimum Gasteiger partial charge on any atom is -0.464 e. The molecule has 19 heteroatoms. The first-order valence-electron chi connectivity index (χ1n) is 29.5. The summed E-state index contributed by atoms with van der Waals surface area (Å²) in [7, 11) is 1.75. The molecule has 7 saturated heterocycles. The van der Waals surface area contributed by atoms with E-state index in [0.717, 1.165) is 95.4 Å². The Morgan fingerprint density at radius 3 is 2.46 bits per heavy atom. The van der Waals surface area contributed by atoms with Crippen molar-refractivity contribution in [1.82, 2.24) is 40.1 Å². The highest BCUT2D eigenvalue weighted by Gasteiger charge is 2.62. The number of methoxy groups -OCH3 is 1. The number of esters is 1. The Labute approximate surface area is 468 Å². The number of benzene rings is 1. The normalized spacial score (nSPS) is 32.2. The molecular weight excluding hydrogens is 1020 g/mol. The molecule has 18 nitrogen and oxygen atoms in total. The largest absolute Gasteiger partial charge is 0.464 e. The average Bonchev–Trinajstić information content (AvgIpc) is 4.06. The summed E-state index contributed by atoms with van der Waals surface area (Å²) < 4.78 is 40.3. The molecule has 426 valence electrons. The highest BCUT2D eigenvalue weighted by Crippen LogP contribution is 2.53. The number of hydrogen-bond donors (Lipinski definition) is 2. The fourth-order valence-electron chi connectivity index (χ4n) is 14.4. The van der Waals surface area contributed by atoms with Crippen LogP contribution in [0.1, 0.15) is 121 Å². The second-order valence-electron chi connectivity index (χ2n) is 25.8. The molecule has 15 rings (SSSR count). The maximum Gasteiger partial charge on any atom is 0.325 e. The number of carbonyl (C=O) groups excluding carboxylic acids is 3. The molecule has 6 atom stereocenters. The lowest BCUT2D eigenvalue weighted by Crippen LogP contribution is -2.72. The number of piperazine rings is 1. The van der Waals surface area contributed by atoms with E-state index in [9.17, 15) is 9.59 Å². The summed E-state index contributed by atoms with van der Waals surface area (Å²) in [5, 5.41) is 8.82. The smallest absolute Gasteiger partial charge is 0.325 e. The van der Waals surface area contributed by atoms with Crippen molar-refractivity contribution in [2.24, 2.45) is 17.3 Å². The zero-order chi connectivity index (χ0) is 54.5. The molecule has 11 aliphatic rings. The van der Waals surface area contributed by atoms with E-state index in [4.69, 9.17) is 38.4 Å².